The molecule has 0 spiro atoms. The maximum absolute atomic E-state index is 5.64. The van der Waals surface area contributed by atoms with Gasteiger partial charge in [-0.25, -0.2) is 0 Å². The second kappa shape index (κ2) is 5.92. The number of anilines is 1. The first-order chi connectivity index (χ1) is 9.81. The second-order valence-electron chi connectivity index (χ2n) is 5.58. The first-order valence-corrected chi connectivity index (χ1v) is 7.63. The summed E-state index contributed by atoms with van der Waals surface area (Å²) in [4.78, 5) is 2.62. The van der Waals surface area contributed by atoms with Gasteiger partial charge in [-0.3, -0.25) is 4.90 Å². The molecule has 2 fully saturated rings. The zero-order valence-corrected chi connectivity index (χ0v) is 12.4. The smallest absolute Gasteiger partial charge is 0.163 e. The van der Waals surface area contributed by atoms with Crippen LogP contribution in [0, 0.1) is 0 Å². The Morgan fingerprint density at radius 3 is 2.95 bits per heavy atom. The van der Waals surface area contributed by atoms with Crippen LogP contribution in [0.3, 0.4) is 0 Å². The number of methoxy groups -OCH3 is 1. The van der Waals surface area contributed by atoms with Crippen LogP contribution in [0.25, 0.3) is 0 Å². The summed E-state index contributed by atoms with van der Waals surface area (Å²) >= 11 is 0. The van der Waals surface area contributed by atoms with Crippen molar-refractivity contribution in [3.8, 4) is 11.5 Å². The first kappa shape index (κ1) is 13.6. The molecule has 20 heavy (non-hydrogen) atoms. The van der Waals surface area contributed by atoms with Crippen molar-refractivity contribution in [2.24, 2.45) is 0 Å². The van der Waals surface area contributed by atoms with E-state index in [0.29, 0.717) is 18.7 Å². The van der Waals surface area contributed by atoms with Crippen LogP contribution in [0.4, 0.5) is 5.69 Å². The van der Waals surface area contributed by atoms with Crippen molar-refractivity contribution in [3.63, 3.8) is 0 Å². The molecule has 4 nitrogen and oxygen atoms in total. The van der Waals surface area contributed by atoms with Crippen LogP contribution in [0.2, 0.25) is 0 Å². The molecule has 0 radical (unpaired) electrons. The molecule has 0 aliphatic carbocycles. The lowest BCUT2D eigenvalue weighted by atomic mass is 10.1. The number of fused-ring (bicyclic) bond motifs is 1. The third-order valence-electron chi connectivity index (χ3n) is 4.42. The van der Waals surface area contributed by atoms with E-state index in [1.54, 1.807) is 7.11 Å². The molecule has 2 atom stereocenters. The van der Waals surface area contributed by atoms with E-state index in [-0.39, 0.29) is 0 Å². The number of hydrogen-bond donors (Lipinski definition) is 1. The van der Waals surface area contributed by atoms with Crippen LogP contribution in [0.5, 0.6) is 11.5 Å². The van der Waals surface area contributed by atoms with Gasteiger partial charge in [0.15, 0.2) is 11.5 Å². The van der Waals surface area contributed by atoms with E-state index in [1.807, 2.05) is 13.0 Å². The summed E-state index contributed by atoms with van der Waals surface area (Å²) in [6.07, 6.45) is 3.91. The highest BCUT2D eigenvalue weighted by molar-refractivity contribution is 5.55. The van der Waals surface area contributed by atoms with Crippen LogP contribution >= 0.6 is 0 Å². The standard InChI is InChI=1S/C16H24N2O2/c1-3-20-16-11-12(6-7-15(16)19-2)17-13-8-10-18-9-4-5-14(13)18/h6-7,11,13-14,17H,3-5,8-10H2,1-2H3. The van der Waals surface area contributed by atoms with Gasteiger partial charge >= 0.3 is 0 Å². The molecule has 2 aliphatic rings. The topological polar surface area (TPSA) is 33.7 Å². The highest BCUT2D eigenvalue weighted by Gasteiger charge is 2.36. The van der Waals surface area contributed by atoms with E-state index in [1.165, 1.54) is 32.4 Å². The van der Waals surface area contributed by atoms with Crippen molar-refractivity contribution in [2.45, 2.75) is 38.3 Å². The van der Waals surface area contributed by atoms with Crippen LogP contribution in [-0.4, -0.2) is 43.8 Å². The lowest BCUT2D eigenvalue weighted by Gasteiger charge is -2.22. The van der Waals surface area contributed by atoms with E-state index in [0.717, 1.165) is 17.2 Å². The summed E-state index contributed by atoms with van der Waals surface area (Å²) in [5.74, 6) is 1.62. The van der Waals surface area contributed by atoms with Gasteiger partial charge in [0.1, 0.15) is 0 Å². The maximum atomic E-state index is 5.64. The quantitative estimate of drug-likeness (QED) is 0.896. The predicted molar refractivity (Wildman–Crippen MR) is 80.8 cm³/mol. The Balaban J connectivity index is 1.72. The van der Waals surface area contributed by atoms with Crippen molar-refractivity contribution >= 4 is 5.69 Å². The molecule has 0 amide bonds. The molecule has 3 rings (SSSR count). The zero-order valence-electron chi connectivity index (χ0n) is 12.4. The van der Waals surface area contributed by atoms with Gasteiger partial charge in [-0.1, -0.05) is 0 Å². The second-order valence-corrected chi connectivity index (χ2v) is 5.58. The number of rotatable bonds is 5. The van der Waals surface area contributed by atoms with Gasteiger partial charge in [-0.2, -0.15) is 0 Å². The number of nitrogens with one attached hydrogen (secondary N) is 1. The fourth-order valence-corrected chi connectivity index (χ4v) is 3.50. The van der Waals surface area contributed by atoms with E-state index in [9.17, 15) is 0 Å². The van der Waals surface area contributed by atoms with Crippen molar-refractivity contribution in [1.82, 2.24) is 4.90 Å². The molecule has 0 aromatic heterocycles. The number of benzene rings is 1. The van der Waals surface area contributed by atoms with Gasteiger partial charge in [-0.05, 0) is 44.9 Å². The fourth-order valence-electron chi connectivity index (χ4n) is 3.50. The average Bonchev–Trinajstić information content (AvgIpc) is 3.05. The summed E-state index contributed by atoms with van der Waals surface area (Å²) in [6, 6.07) is 7.40. The minimum Gasteiger partial charge on any atom is -0.493 e. The third kappa shape index (κ3) is 2.57. The lowest BCUT2D eigenvalue weighted by Crippen LogP contribution is -2.33. The molecule has 1 N–H and O–H groups in total. The van der Waals surface area contributed by atoms with Gasteiger partial charge < -0.3 is 14.8 Å². The summed E-state index contributed by atoms with van der Waals surface area (Å²) in [6.45, 7) is 5.15. The Labute approximate surface area is 121 Å². The summed E-state index contributed by atoms with van der Waals surface area (Å²) < 4.78 is 11.0. The Hall–Kier alpha value is -1.42. The monoisotopic (exact) mass is 276 g/mol. The Bertz CT molecular complexity index is 464. The van der Waals surface area contributed by atoms with E-state index >= 15 is 0 Å². The molecule has 2 unspecified atom stereocenters. The van der Waals surface area contributed by atoms with Crippen molar-refractivity contribution in [1.29, 1.82) is 0 Å². The molecule has 2 aliphatic heterocycles. The predicted octanol–water partition coefficient (Wildman–Crippen LogP) is 2.74. The molecule has 4 heteroatoms. The van der Waals surface area contributed by atoms with Crippen LogP contribution < -0.4 is 14.8 Å². The molecule has 0 bridgehead atoms. The van der Waals surface area contributed by atoms with Crippen LogP contribution in [-0.2, 0) is 0 Å². The van der Waals surface area contributed by atoms with Crippen molar-refractivity contribution in [3.05, 3.63) is 18.2 Å². The van der Waals surface area contributed by atoms with Crippen LogP contribution in [0.15, 0.2) is 18.2 Å². The largest absolute Gasteiger partial charge is 0.493 e. The minimum atomic E-state index is 0.570. The van der Waals surface area contributed by atoms with Gasteiger partial charge in [0, 0.05) is 30.4 Å². The van der Waals surface area contributed by atoms with E-state index in [2.05, 4.69) is 22.3 Å². The molecule has 1 aromatic rings. The Kier molecular flexibility index (Phi) is 4.01. The molecule has 110 valence electrons. The SMILES string of the molecule is CCOc1cc(NC2CCN3CCCC23)ccc1OC. The fraction of sp³-hybridized carbons (Fsp3) is 0.625. The van der Waals surface area contributed by atoms with E-state index < -0.39 is 0 Å². The summed E-state index contributed by atoms with van der Waals surface area (Å²) in [7, 11) is 1.68. The highest BCUT2D eigenvalue weighted by atomic mass is 16.5. The molecule has 1 aromatic carbocycles. The summed E-state index contributed by atoms with van der Waals surface area (Å²) in [5, 5.41) is 3.69. The van der Waals surface area contributed by atoms with Gasteiger partial charge in [-0.15, -0.1) is 0 Å². The lowest BCUT2D eigenvalue weighted by molar-refractivity contribution is 0.310. The Morgan fingerprint density at radius 1 is 1.25 bits per heavy atom. The van der Waals surface area contributed by atoms with E-state index in [4.69, 9.17) is 9.47 Å². The zero-order chi connectivity index (χ0) is 13.9. The highest BCUT2D eigenvalue weighted by Crippen LogP contribution is 2.33. The first-order valence-electron chi connectivity index (χ1n) is 7.63. The molecule has 2 saturated heterocycles. The molecular formula is C16H24N2O2. The number of hydrogen-bond acceptors (Lipinski definition) is 4. The molecular weight excluding hydrogens is 252 g/mol. The molecule has 2 heterocycles. The van der Waals surface area contributed by atoms with Crippen molar-refractivity contribution in [2.75, 3.05) is 32.1 Å². The van der Waals surface area contributed by atoms with Crippen molar-refractivity contribution < 1.29 is 9.47 Å². The van der Waals surface area contributed by atoms with Gasteiger partial charge in [0.25, 0.3) is 0 Å². The minimum absolute atomic E-state index is 0.570. The van der Waals surface area contributed by atoms with Gasteiger partial charge in [0.2, 0.25) is 0 Å². The number of nitrogens with zero attached hydrogens (tertiary/aromatic N) is 1. The normalized spacial score (nSPS) is 25.5. The molecule has 0 saturated carbocycles. The Morgan fingerprint density at radius 2 is 2.15 bits per heavy atom. The average molecular weight is 276 g/mol. The summed E-state index contributed by atoms with van der Waals surface area (Å²) in [5.41, 5.74) is 1.13. The number of ether oxygens (including phenoxy) is 2. The third-order valence-corrected chi connectivity index (χ3v) is 4.42. The van der Waals surface area contributed by atoms with Gasteiger partial charge in [0.05, 0.1) is 13.7 Å². The maximum Gasteiger partial charge on any atom is 0.163 e. The van der Waals surface area contributed by atoms with Crippen LogP contribution in [0.1, 0.15) is 26.2 Å².